The Morgan fingerprint density at radius 3 is 2.75 bits per heavy atom. The molecule has 0 aliphatic heterocycles. The van der Waals surface area contributed by atoms with Crippen LogP contribution in [-0.2, 0) is 4.74 Å². The van der Waals surface area contributed by atoms with Gasteiger partial charge in [0, 0.05) is 10.7 Å². The molecule has 2 nitrogen and oxygen atoms in total. The number of unbranched alkanes of at least 4 members (excludes halogenated alkanes) is 3. The Morgan fingerprint density at radius 1 is 1.30 bits per heavy atom. The van der Waals surface area contributed by atoms with Gasteiger partial charge < -0.3 is 4.74 Å². The van der Waals surface area contributed by atoms with Gasteiger partial charge in [-0.05, 0) is 28.8 Å². The molecule has 20 heavy (non-hydrogen) atoms. The topological polar surface area (TPSA) is 26.3 Å². The molecule has 2 heterocycles. The minimum atomic E-state index is -0.555. The van der Waals surface area contributed by atoms with E-state index in [4.69, 9.17) is 4.74 Å². The lowest BCUT2D eigenvalue weighted by atomic mass is 10.2. The molecule has 2 aromatic rings. The maximum Gasteiger partial charge on any atom is 0.351 e. The van der Waals surface area contributed by atoms with Crippen molar-refractivity contribution in [2.24, 2.45) is 0 Å². The van der Waals surface area contributed by atoms with Crippen LogP contribution in [0.3, 0.4) is 0 Å². The highest BCUT2D eigenvalue weighted by Crippen LogP contribution is 2.39. The van der Waals surface area contributed by atoms with Crippen molar-refractivity contribution in [2.75, 3.05) is 11.9 Å². The van der Waals surface area contributed by atoms with Gasteiger partial charge in [0.2, 0.25) is 0 Å². The van der Waals surface area contributed by atoms with Crippen LogP contribution in [-0.4, -0.2) is 17.9 Å². The molecule has 0 spiro atoms. The van der Waals surface area contributed by atoms with Crippen molar-refractivity contribution in [3.63, 3.8) is 0 Å². The molecule has 0 N–H and O–H groups in total. The number of rotatable bonds is 7. The third-order valence-electron chi connectivity index (χ3n) is 2.79. The van der Waals surface area contributed by atoms with E-state index in [2.05, 4.69) is 31.9 Å². The normalized spacial score (nSPS) is 11.2. The van der Waals surface area contributed by atoms with Crippen LogP contribution in [0.15, 0.2) is 9.17 Å². The fourth-order valence-corrected chi connectivity index (χ4v) is 4.86. The summed E-state index contributed by atoms with van der Waals surface area (Å²) in [6, 6.07) is 0. The Hall–Kier alpha value is 0.0200. The third-order valence-corrected chi connectivity index (χ3v) is 6.31. The molecule has 0 aliphatic carbocycles. The first-order chi connectivity index (χ1) is 9.65. The van der Waals surface area contributed by atoms with Crippen molar-refractivity contribution in [2.45, 2.75) is 25.7 Å². The predicted octanol–water partition coefficient (Wildman–Crippen LogP) is 5.98. The maximum absolute atomic E-state index is 14.1. The molecule has 0 saturated carbocycles. The van der Waals surface area contributed by atoms with Crippen LogP contribution in [0.5, 0.6) is 0 Å². The zero-order valence-electron chi connectivity index (χ0n) is 10.6. The third kappa shape index (κ3) is 3.81. The van der Waals surface area contributed by atoms with E-state index in [0.29, 0.717) is 12.0 Å². The summed E-state index contributed by atoms with van der Waals surface area (Å²) in [6.45, 7) is 0.354. The molecule has 0 amide bonds. The lowest BCUT2D eigenvalue weighted by Crippen LogP contribution is -2.06. The number of thiophene rings is 2. The summed E-state index contributed by atoms with van der Waals surface area (Å²) in [4.78, 5) is 11.9. The van der Waals surface area contributed by atoms with Crippen LogP contribution < -0.4 is 0 Å². The molecule has 0 atom stereocenters. The van der Waals surface area contributed by atoms with Crippen molar-refractivity contribution in [3.8, 4) is 0 Å². The number of carbonyl (C=O) groups excluding carboxylic acids is 1. The zero-order chi connectivity index (χ0) is 14.5. The average molecular weight is 444 g/mol. The van der Waals surface area contributed by atoms with E-state index in [1.54, 1.807) is 0 Å². The second-order valence-corrected chi connectivity index (χ2v) is 8.28. The van der Waals surface area contributed by atoms with E-state index in [1.807, 2.05) is 5.38 Å². The van der Waals surface area contributed by atoms with Crippen molar-refractivity contribution < 1.29 is 13.9 Å². The van der Waals surface area contributed by atoms with Crippen LogP contribution in [0.25, 0.3) is 10.1 Å². The van der Waals surface area contributed by atoms with Gasteiger partial charge in [-0.15, -0.1) is 22.7 Å². The van der Waals surface area contributed by atoms with Gasteiger partial charge in [0.05, 0.1) is 20.5 Å². The number of esters is 1. The molecule has 0 saturated heterocycles. The minimum Gasteiger partial charge on any atom is -0.461 e. The first-order valence-electron chi connectivity index (χ1n) is 6.23. The van der Waals surface area contributed by atoms with E-state index in [-0.39, 0.29) is 4.88 Å². The van der Waals surface area contributed by atoms with Crippen LogP contribution in [0.4, 0.5) is 4.39 Å². The molecule has 2 rings (SSSR count). The summed E-state index contributed by atoms with van der Waals surface area (Å²) in [5, 5.41) is 3.33. The fourth-order valence-electron chi connectivity index (χ4n) is 1.77. The molecular formula is C13H13Br2FO2S2. The first kappa shape index (κ1) is 16.4. The first-order valence-corrected chi connectivity index (χ1v) is 9.84. The molecule has 0 bridgehead atoms. The Morgan fingerprint density at radius 2 is 2.05 bits per heavy atom. The summed E-state index contributed by atoms with van der Waals surface area (Å²) in [5.41, 5.74) is 0. The second-order valence-electron chi connectivity index (χ2n) is 4.23. The molecule has 0 fully saturated rings. The molecule has 0 aromatic carbocycles. The van der Waals surface area contributed by atoms with Crippen LogP contribution >= 0.6 is 54.5 Å². The SMILES string of the molecule is O=C(OCCCCCCBr)c1sc2csc(Br)c2c1F. The molecule has 110 valence electrons. The fraction of sp³-hybridized carbons (Fsp3) is 0.462. The van der Waals surface area contributed by atoms with E-state index >= 15 is 0 Å². The van der Waals surface area contributed by atoms with Crippen molar-refractivity contribution in [3.05, 3.63) is 19.9 Å². The summed E-state index contributed by atoms with van der Waals surface area (Å²) < 4.78 is 20.8. The monoisotopic (exact) mass is 442 g/mol. The lowest BCUT2D eigenvalue weighted by Gasteiger charge is -2.03. The summed E-state index contributed by atoms with van der Waals surface area (Å²) >= 11 is 9.24. The minimum absolute atomic E-state index is 0.0731. The lowest BCUT2D eigenvalue weighted by molar-refractivity contribution is 0.0499. The summed E-state index contributed by atoms with van der Waals surface area (Å²) in [7, 11) is 0. The van der Waals surface area contributed by atoms with E-state index in [1.165, 1.54) is 11.3 Å². The molecule has 7 heteroatoms. The van der Waals surface area contributed by atoms with Gasteiger partial charge in [0.25, 0.3) is 0 Å². The largest absolute Gasteiger partial charge is 0.461 e. The molecule has 0 aliphatic rings. The summed E-state index contributed by atoms with van der Waals surface area (Å²) in [5.74, 6) is -1.02. The van der Waals surface area contributed by atoms with Gasteiger partial charge >= 0.3 is 5.97 Å². The van der Waals surface area contributed by atoms with E-state index in [9.17, 15) is 9.18 Å². The number of halogens is 3. The number of carbonyl (C=O) groups is 1. The highest BCUT2D eigenvalue weighted by molar-refractivity contribution is 9.11. The number of hydrogen-bond donors (Lipinski definition) is 0. The van der Waals surface area contributed by atoms with Crippen molar-refractivity contribution in [1.29, 1.82) is 0 Å². The second kappa shape index (κ2) is 7.87. The highest BCUT2D eigenvalue weighted by atomic mass is 79.9. The van der Waals surface area contributed by atoms with Crippen molar-refractivity contribution in [1.82, 2.24) is 0 Å². The Bertz CT molecular complexity index is 594. The van der Waals surface area contributed by atoms with Gasteiger partial charge in [-0.2, -0.15) is 0 Å². The Kier molecular flexibility index (Phi) is 6.45. The van der Waals surface area contributed by atoms with Gasteiger partial charge in [0.1, 0.15) is 4.88 Å². The molecule has 0 unspecified atom stereocenters. The number of fused-ring (bicyclic) bond motifs is 1. The number of alkyl halides is 1. The summed E-state index contributed by atoms with van der Waals surface area (Å²) in [6.07, 6.45) is 4.07. The van der Waals surface area contributed by atoms with E-state index in [0.717, 1.165) is 50.8 Å². The maximum atomic E-state index is 14.1. The van der Waals surface area contributed by atoms with Gasteiger partial charge in [-0.3, -0.25) is 0 Å². The predicted molar refractivity (Wildman–Crippen MR) is 89.9 cm³/mol. The quantitative estimate of drug-likeness (QED) is 0.299. The van der Waals surface area contributed by atoms with Gasteiger partial charge in [-0.25, -0.2) is 9.18 Å². The van der Waals surface area contributed by atoms with Crippen LogP contribution in [0.1, 0.15) is 35.4 Å². The Labute approximate surface area is 141 Å². The highest BCUT2D eigenvalue weighted by Gasteiger charge is 2.22. The molecular weight excluding hydrogens is 431 g/mol. The van der Waals surface area contributed by atoms with Crippen molar-refractivity contribution >= 4 is 70.6 Å². The van der Waals surface area contributed by atoms with Crippen LogP contribution in [0, 0.1) is 5.82 Å². The molecule has 2 aromatic heterocycles. The Balaban J connectivity index is 1.89. The van der Waals surface area contributed by atoms with Crippen LogP contribution in [0.2, 0.25) is 0 Å². The number of hydrogen-bond acceptors (Lipinski definition) is 4. The zero-order valence-corrected chi connectivity index (χ0v) is 15.4. The number of ether oxygens (including phenoxy) is 1. The average Bonchev–Trinajstić information content (AvgIpc) is 2.95. The smallest absolute Gasteiger partial charge is 0.351 e. The van der Waals surface area contributed by atoms with Gasteiger partial charge in [0.15, 0.2) is 5.82 Å². The standard InChI is InChI=1S/C13H13Br2FO2S2/c14-5-3-1-2-4-6-18-13(17)11-10(16)9-8(20-11)7-19-12(9)15/h7H,1-6H2. The van der Waals surface area contributed by atoms with Gasteiger partial charge in [-0.1, -0.05) is 28.8 Å². The molecule has 0 radical (unpaired) electrons. The van der Waals surface area contributed by atoms with E-state index < -0.39 is 11.8 Å².